The number of amides is 1. The lowest BCUT2D eigenvalue weighted by Crippen LogP contribution is -2.48. The molecule has 0 spiro atoms. The minimum atomic E-state index is -0.0310. The Hall–Kier alpha value is -2.68. The van der Waals surface area contributed by atoms with Crippen LogP contribution in [0.1, 0.15) is 5.56 Å². The van der Waals surface area contributed by atoms with Crippen molar-refractivity contribution < 1.29 is 9.47 Å². The summed E-state index contributed by atoms with van der Waals surface area (Å²) in [5, 5.41) is 2.25. The number of pyridine rings is 1. The molecule has 3 heteroatoms. The van der Waals surface area contributed by atoms with Gasteiger partial charge in [-0.3, -0.25) is 4.79 Å². The van der Waals surface area contributed by atoms with Crippen molar-refractivity contribution in [2.24, 2.45) is 0 Å². The predicted octanol–water partition coefficient (Wildman–Crippen LogP) is 2.44. The third-order valence-corrected chi connectivity index (χ3v) is 3.15. The van der Waals surface area contributed by atoms with Gasteiger partial charge in [-0.2, -0.15) is 0 Å². The molecule has 0 saturated heterocycles. The molecule has 1 amide bonds. The number of nitrogens with zero attached hydrogens (tertiary/aromatic N) is 1. The summed E-state index contributed by atoms with van der Waals surface area (Å²) in [6, 6.07) is 19.8. The molecule has 2 aromatic carbocycles. The third kappa shape index (κ3) is 2.83. The highest BCUT2D eigenvalue weighted by molar-refractivity contribution is 5.84. The number of rotatable bonds is 3. The van der Waals surface area contributed by atoms with Gasteiger partial charge >= 0.3 is 0 Å². The van der Waals surface area contributed by atoms with Crippen LogP contribution in [0, 0.1) is 0 Å². The van der Waals surface area contributed by atoms with Gasteiger partial charge in [-0.1, -0.05) is 53.2 Å². The molecule has 3 nitrogen and oxygen atoms in total. The molecule has 0 atom stereocenters. The first kappa shape index (κ1) is 12.4. The van der Waals surface area contributed by atoms with Crippen molar-refractivity contribution in [1.82, 2.24) is 0 Å². The summed E-state index contributed by atoms with van der Waals surface area (Å²) in [6.45, 7) is 0. The number of fused-ring (bicyclic) bond motifs is 1. The van der Waals surface area contributed by atoms with Crippen molar-refractivity contribution in [1.29, 1.82) is 0 Å². The van der Waals surface area contributed by atoms with Gasteiger partial charge in [-0.15, -0.1) is 5.43 Å². The SMILES string of the molecule is O=C(Cc1ccccc1)N[n+]1ccc2ccccc2c1. The molecular formula is C17H15N2O+. The Morgan fingerprint density at radius 2 is 1.60 bits per heavy atom. The third-order valence-electron chi connectivity index (χ3n) is 3.15. The van der Waals surface area contributed by atoms with Crippen molar-refractivity contribution in [3.63, 3.8) is 0 Å². The molecule has 3 rings (SSSR count). The van der Waals surface area contributed by atoms with Crippen molar-refractivity contribution in [3.05, 3.63) is 78.6 Å². The highest BCUT2D eigenvalue weighted by Gasteiger charge is 2.09. The monoisotopic (exact) mass is 263 g/mol. The summed E-state index contributed by atoms with van der Waals surface area (Å²) in [4.78, 5) is 12.0. The summed E-state index contributed by atoms with van der Waals surface area (Å²) in [6.07, 6.45) is 4.14. The molecule has 98 valence electrons. The number of hydrogen-bond donors (Lipinski definition) is 1. The van der Waals surface area contributed by atoms with Crippen molar-refractivity contribution in [2.75, 3.05) is 5.43 Å². The maximum Gasteiger partial charge on any atom is 0.279 e. The van der Waals surface area contributed by atoms with Crippen LogP contribution >= 0.6 is 0 Å². The van der Waals surface area contributed by atoms with E-state index in [4.69, 9.17) is 0 Å². The standard InChI is InChI=1S/C17H14N2O/c20-17(12-14-6-2-1-3-7-14)18-19-11-10-15-8-4-5-9-16(15)13-19/h1-11,13H,12H2/p+1. The highest BCUT2D eigenvalue weighted by atomic mass is 16.2. The molecule has 3 aromatic rings. The van der Waals surface area contributed by atoms with E-state index in [0.29, 0.717) is 6.42 Å². The maximum atomic E-state index is 12.0. The van der Waals surface area contributed by atoms with Crippen LogP contribution in [0.25, 0.3) is 10.8 Å². The molecule has 0 radical (unpaired) electrons. The second-order valence-corrected chi connectivity index (χ2v) is 4.68. The Morgan fingerprint density at radius 3 is 2.40 bits per heavy atom. The first-order valence-corrected chi connectivity index (χ1v) is 6.55. The Kier molecular flexibility index (Phi) is 3.42. The van der Waals surface area contributed by atoms with Gasteiger partial charge in [0.2, 0.25) is 12.4 Å². The Bertz CT molecular complexity index is 738. The molecule has 0 aliphatic rings. The minimum absolute atomic E-state index is 0.0310. The smallest absolute Gasteiger partial charge is 0.269 e. The second-order valence-electron chi connectivity index (χ2n) is 4.68. The topological polar surface area (TPSA) is 33.0 Å². The molecule has 0 fully saturated rings. The van der Waals surface area contributed by atoms with Gasteiger partial charge in [0.25, 0.3) is 5.91 Å². The van der Waals surface area contributed by atoms with Crippen LogP contribution < -0.4 is 10.1 Å². The van der Waals surface area contributed by atoms with E-state index in [2.05, 4.69) is 5.43 Å². The quantitative estimate of drug-likeness (QED) is 0.723. The Balaban J connectivity index is 1.74. The molecule has 0 saturated carbocycles. The van der Waals surface area contributed by atoms with Crippen LogP contribution in [0.2, 0.25) is 0 Å². The number of nitrogens with one attached hydrogen (secondary N) is 1. The average Bonchev–Trinajstić information content (AvgIpc) is 2.48. The van der Waals surface area contributed by atoms with Crippen LogP contribution in [-0.4, -0.2) is 5.91 Å². The van der Waals surface area contributed by atoms with Crippen molar-refractivity contribution >= 4 is 16.7 Å². The van der Waals surface area contributed by atoms with Crippen LogP contribution in [0.3, 0.4) is 0 Å². The summed E-state index contributed by atoms with van der Waals surface area (Å²) >= 11 is 0. The van der Waals surface area contributed by atoms with E-state index < -0.39 is 0 Å². The molecule has 1 N–H and O–H groups in total. The highest BCUT2D eigenvalue weighted by Crippen LogP contribution is 2.09. The summed E-state index contributed by atoms with van der Waals surface area (Å²) < 4.78 is 1.70. The number of carbonyl (C=O) groups excluding carboxylic acids is 1. The fourth-order valence-corrected chi connectivity index (χ4v) is 2.17. The molecule has 0 unspecified atom stereocenters. The van der Waals surface area contributed by atoms with E-state index in [1.807, 2.05) is 73.1 Å². The molecule has 0 aliphatic carbocycles. The summed E-state index contributed by atoms with van der Waals surface area (Å²) in [5.41, 5.74) is 3.87. The van der Waals surface area contributed by atoms with E-state index in [-0.39, 0.29) is 5.91 Å². The van der Waals surface area contributed by atoms with E-state index in [9.17, 15) is 4.79 Å². The number of carbonyl (C=O) groups is 1. The lowest BCUT2D eigenvalue weighted by Gasteiger charge is -2.01. The van der Waals surface area contributed by atoms with E-state index in [1.54, 1.807) is 4.68 Å². The fourth-order valence-electron chi connectivity index (χ4n) is 2.17. The van der Waals surface area contributed by atoms with Gasteiger partial charge in [-0.05, 0) is 17.0 Å². The molecule has 0 aliphatic heterocycles. The lowest BCUT2D eigenvalue weighted by atomic mass is 10.1. The van der Waals surface area contributed by atoms with Gasteiger partial charge < -0.3 is 0 Å². The molecule has 1 aromatic heterocycles. The van der Waals surface area contributed by atoms with Gasteiger partial charge in [-0.25, -0.2) is 0 Å². The molecule has 0 bridgehead atoms. The first-order chi connectivity index (χ1) is 9.81. The lowest BCUT2D eigenvalue weighted by molar-refractivity contribution is -0.640. The normalized spacial score (nSPS) is 10.4. The van der Waals surface area contributed by atoms with Crippen molar-refractivity contribution in [2.45, 2.75) is 6.42 Å². The summed E-state index contributed by atoms with van der Waals surface area (Å²) in [5.74, 6) is -0.0310. The Labute approximate surface area is 117 Å². The van der Waals surface area contributed by atoms with E-state index in [1.165, 1.54) is 0 Å². The number of hydrogen-bond acceptors (Lipinski definition) is 1. The largest absolute Gasteiger partial charge is 0.279 e. The number of benzene rings is 2. The zero-order chi connectivity index (χ0) is 13.8. The van der Waals surface area contributed by atoms with Gasteiger partial charge in [0.1, 0.15) is 0 Å². The second kappa shape index (κ2) is 5.53. The van der Waals surface area contributed by atoms with Crippen molar-refractivity contribution in [3.8, 4) is 0 Å². The first-order valence-electron chi connectivity index (χ1n) is 6.55. The summed E-state index contributed by atoms with van der Waals surface area (Å²) in [7, 11) is 0. The molecular weight excluding hydrogens is 248 g/mol. The average molecular weight is 263 g/mol. The van der Waals surface area contributed by atoms with E-state index in [0.717, 1.165) is 16.3 Å². The van der Waals surface area contributed by atoms with Gasteiger partial charge in [0.15, 0.2) is 0 Å². The van der Waals surface area contributed by atoms with Crippen LogP contribution in [-0.2, 0) is 11.2 Å². The van der Waals surface area contributed by atoms with E-state index >= 15 is 0 Å². The number of aromatic nitrogens is 1. The minimum Gasteiger partial charge on any atom is -0.269 e. The zero-order valence-electron chi connectivity index (χ0n) is 11.0. The maximum absolute atomic E-state index is 12.0. The molecule has 20 heavy (non-hydrogen) atoms. The van der Waals surface area contributed by atoms with Crippen LogP contribution in [0.4, 0.5) is 0 Å². The fraction of sp³-hybridized carbons (Fsp3) is 0.0588. The predicted molar refractivity (Wildman–Crippen MR) is 78.7 cm³/mol. The zero-order valence-corrected chi connectivity index (χ0v) is 11.0. The van der Waals surface area contributed by atoms with Crippen LogP contribution in [0.15, 0.2) is 73.1 Å². The van der Waals surface area contributed by atoms with Gasteiger partial charge in [0, 0.05) is 11.5 Å². The van der Waals surface area contributed by atoms with Crippen LogP contribution in [0.5, 0.6) is 0 Å². The Morgan fingerprint density at radius 1 is 0.900 bits per heavy atom. The van der Waals surface area contributed by atoms with Gasteiger partial charge in [0.05, 0.1) is 6.42 Å². The molecule has 1 heterocycles.